The molecule has 0 aliphatic carbocycles. The zero-order chi connectivity index (χ0) is 14.6. The number of hydrogen-bond donors (Lipinski definition) is 1. The highest BCUT2D eigenvalue weighted by Gasteiger charge is 2.28. The highest BCUT2D eigenvalue weighted by molar-refractivity contribution is 7.89. The maximum Gasteiger partial charge on any atom is 0.304 e. The van der Waals surface area contributed by atoms with Crippen molar-refractivity contribution in [1.29, 1.82) is 0 Å². The van der Waals surface area contributed by atoms with E-state index in [2.05, 4.69) is 4.90 Å². The minimum atomic E-state index is -3.43. The molecule has 2 fully saturated rings. The Bertz CT molecular complexity index is 425. The van der Waals surface area contributed by atoms with E-state index >= 15 is 0 Å². The normalized spacial score (nSPS) is 25.9. The van der Waals surface area contributed by atoms with Crippen LogP contribution in [0, 0.1) is 0 Å². The molecule has 0 aromatic rings. The topological polar surface area (TPSA) is 87.1 Å². The first-order valence-electron chi connectivity index (χ1n) is 7.01. The molecule has 2 heterocycles. The fourth-order valence-electron chi connectivity index (χ4n) is 2.61. The first-order chi connectivity index (χ1) is 9.47. The Morgan fingerprint density at radius 1 is 1.25 bits per heavy atom. The summed E-state index contributed by atoms with van der Waals surface area (Å²) in [7, 11) is -3.43. The second-order valence-electron chi connectivity index (χ2n) is 5.29. The molecule has 0 aromatic carbocycles. The van der Waals surface area contributed by atoms with Crippen molar-refractivity contribution in [3.63, 3.8) is 0 Å². The number of ether oxygens (including phenoxy) is 1. The van der Waals surface area contributed by atoms with E-state index < -0.39 is 16.0 Å². The summed E-state index contributed by atoms with van der Waals surface area (Å²) < 4.78 is 30.9. The lowest BCUT2D eigenvalue weighted by atomic mass is 10.2. The Labute approximate surface area is 119 Å². The maximum atomic E-state index is 12.0. The van der Waals surface area contributed by atoms with Gasteiger partial charge in [-0.3, -0.25) is 9.69 Å². The molecule has 0 aromatic heterocycles. The molecule has 2 aliphatic rings. The summed E-state index contributed by atoms with van der Waals surface area (Å²) in [5.41, 5.74) is 0. The van der Waals surface area contributed by atoms with Crippen LogP contribution in [0.4, 0.5) is 0 Å². The van der Waals surface area contributed by atoms with E-state index in [-0.39, 0.29) is 18.3 Å². The average molecular weight is 306 g/mol. The lowest BCUT2D eigenvalue weighted by Crippen LogP contribution is -2.50. The van der Waals surface area contributed by atoms with E-state index in [1.54, 1.807) is 0 Å². The largest absolute Gasteiger partial charge is 0.481 e. The van der Waals surface area contributed by atoms with Crippen LogP contribution in [-0.4, -0.2) is 79.9 Å². The molecule has 8 heteroatoms. The zero-order valence-electron chi connectivity index (χ0n) is 11.5. The highest BCUT2D eigenvalue weighted by Crippen LogP contribution is 2.15. The van der Waals surface area contributed by atoms with Crippen LogP contribution < -0.4 is 0 Å². The summed E-state index contributed by atoms with van der Waals surface area (Å²) in [4.78, 5) is 12.7. The van der Waals surface area contributed by atoms with Gasteiger partial charge in [0, 0.05) is 39.3 Å². The van der Waals surface area contributed by atoms with Crippen LogP contribution in [0.5, 0.6) is 0 Å². The first-order valence-corrected chi connectivity index (χ1v) is 8.62. The van der Waals surface area contributed by atoms with Gasteiger partial charge in [0.2, 0.25) is 10.0 Å². The van der Waals surface area contributed by atoms with Gasteiger partial charge in [0.15, 0.2) is 0 Å². The van der Waals surface area contributed by atoms with Gasteiger partial charge in [-0.25, -0.2) is 8.42 Å². The number of piperazine rings is 1. The van der Waals surface area contributed by atoms with Crippen molar-refractivity contribution in [3.05, 3.63) is 0 Å². The standard InChI is InChI=1S/C12H22N2O5S/c15-12(16)3-9-20(17,18)14-6-4-13(5-7-14)10-11-2-1-8-19-11/h11H,1-10H2,(H,15,16). The quantitative estimate of drug-likeness (QED) is 0.718. The monoisotopic (exact) mass is 306 g/mol. The molecule has 0 spiro atoms. The van der Waals surface area contributed by atoms with Crippen molar-refractivity contribution < 1.29 is 23.1 Å². The Morgan fingerprint density at radius 3 is 2.50 bits per heavy atom. The molecule has 7 nitrogen and oxygen atoms in total. The van der Waals surface area contributed by atoms with E-state index in [1.807, 2.05) is 0 Å². The summed E-state index contributed by atoms with van der Waals surface area (Å²) in [5, 5.41) is 8.57. The summed E-state index contributed by atoms with van der Waals surface area (Å²) in [6.45, 7) is 3.94. The van der Waals surface area contributed by atoms with E-state index in [0.29, 0.717) is 26.2 Å². The lowest BCUT2D eigenvalue weighted by molar-refractivity contribution is -0.136. The summed E-state index contributed by atoms with van der Waals surface area (Å²) in [5.74, 6) is -1.39. The smallest absolute Gasteiger partial charge is 0.304 e. The van der Waals surface area contributed by atoms with Gasteiger partial charge in [0.25, 0.3) is 0 Å². The summed E-state index contributed by atoms with van der Waals surface area (Å²) in [6.07, 6.45) is 2.13. The molecule has 1 atom stereocenters. The molecule has 2 rings (SSSR count). The second-order valence-corrected chi connectivity index (χ2v) is 7.38. The Kier molecular flexibility index (Phi) is 5.36. The number of sulfonamides is 1. The van der Waals surface area contributed by atoms with Crippen LogP contribution in [-0.2, 0) is 19.6 Å². The fourth-order valence-corrected chi connectivity index (χ4v) is 4.02. The number of hydrogen-bond acceptors (Lipinski definition) is 5. The van der Waals surface area contributed by atoms with Gasteiger partial charge in [-0.1, -0.05) is 0 Å². The van der Waals surface area contributed by atoms with Crippen LogP contribution in [0.2, 0.25) is 0 Å². The van der Waals surface area contributed by atoms with Crippen molar-refractivity contribution in [2.24, 2.45) is 0 Å². The average Bonchev–Trinajstić information content (AvgIpc) is 2.90. The fraction of sp³-hybridized carbons (Fsp3) is 0.917. The molecule has 0 saturated carbocycles. The number of carbonyl (C=O) groups is 1. The number of carboxylic acid groups (broad SMARTS) is 1. The Morgan fingerprint density at radius 2 is 1.95 bits per heavy atom. The number of aliphatic carboxylic acids is 1. The first kappa shape index (κ1) is 15.7. The van der Waals surface area contributed by atoms with Crippen LogP contribution in [0.1, 0.15) is 19.3 Å². The SMILES string of the molecule is O=C(O)CCS(=O)(=O)N1CCN(CC2CCCO2)CC1. The van der Waals surface area contributed by atoms with Crippen LogP contribution in [0.25, 0.3) is 0 Å². The molecule has 116 valence electrons. The minimum absolute atomic E-state index is 0.283. The Hall–Kier alpha value is -0.700. The minimum Gasteiger partial charge on any atom is -0.481 e. The molecule has 2 saturated heterocycles. The third kappa shape index (κ3) is 4.41. The van der Waals surface area contributed by atoms with Crippen molar-refractivity contribution >= 4 is 16.0 Å². The number of nitrogens with zero attached hydrogens (tertiary/aromatic N) is 2. The highest BCUT2D eigenvalue weighted by atomic mass is 32.2. The van der Waals surface area contributed by atoms with Crippen LogP contribution in [0.15, 0.2) is 0 Å². The molecule has 1 N–H and O–H groups in total. The maximum absolute atomic E-state index is 12.0. The molecule has 0 radical (unpaired) electrons. The molecule has 0 bridgehead atoms. The second kappa shape index (κ2) is 6.84. The predicted octanol–water partition coefficient (Wildman–Crippen LogP) is -0.412. The Balaban J connectivity index is 1.76. The molecule has 20 heavy (non-hydrogen) atoms. The van der Waals surface area contributed by atoms with E-state index in [4.69, 9.17) is 9.84 Å². The van der Waals surface area contributed by atoms with Gasteiger partial charge < -0.3 is 9.84 Å². The zero-order valence-corrected chi connectivity index (χ0v) is 12.3. The van der Waals surface area contributed by atoms with Gasteiger partial charge in [-0.05, 0) is 12.8 Å². The molecular formula is C12H22N2O5S. The van der Waals surface area contributed by atoms with Gasteiger partial charge in [0.05, 0.1) is 18.3 Å². The summed E-state index contributed by atoms with van der Waals surface area (Å²) in [6, 6.07) is 0. The predicted molar refractivity (Wildman–Crippen MR) is 73.0 cm³/mol. The van der Waals surface area contributed by atoms with E-state index in [0.717, 1.165) is 26.0 Å². The van der Waals surface area contributed by atoms with Crippen LogP contribution >= 0.6 is 0 Å². The number of carboxylic acids is 1. The van der Waals surface area contributed by atoms with Gasteiger partial charge in [-0.2, -0.15) is 4.31 Å². The molecule has 0 amide bonds. The van der Waals surface area contributed by atoms with Gasteiger partial charge >= 0.3 is 5.97 Å². The van der Waals surface area contributed by atoms with Crippen LogP contribution in [0.3, 0.4) is 0 Å². The van der Waals surface area contributed by atoms with Crippen molar-refractivity contribution in [3.8, 4) is 0 Å². The van der Waals surface area contributed by atoms with Gasteiger partial charge in [0.1, 0.15) is 0 Å². The van der Waals surface area contributed by atoms with E-state index in [1.165, 1.54) is 4.31 Å². The lowest BCUT2D eigenvalue weighted by Gasteiger charge is -2.34. The molecule has 1 unspecified atom stereocenters. The molecular weight excluding hydrogens is 284 g/mol. The van der Waals surface area contributed by atoms with Crippen molar-refractivity contribution in [1.82, 2.24) is 9.21 Å². The van der Waals surface area contributed by atoms with E-state index in [9.17, 15) is 13.2 Å². The van der Waals surface area contributed by atoms with Crippen molar-refractivity contribution in [2.45, 2.75) is 25.4 Å². The molecule has 2 aliphatic heterocycles. The number of rotatable bonds is 6. The van der Waals surface area contributed by atoms with Gasteiger partial charge in [-0.15, -0.1) is 0 Å². The van der Waals surface area contributed by atoms with Crippen molar-refractivity contribution in [2.75, 3.05) is 45.1 Å². The third-order valence-electron chi connectivity index (χ3n) is 3.78. The summed E-state index contributed by atoms with van der Waals surface area (Å²) >= 11 is 0. The third-order valence-corrected chi connectivity index (χ3v) is 5.66.